The molecule has 0 saturated carbocycles. The second-order valence-corrected chi connectivity index (χ2v) is 6.74. The van der Waals surface area contributed by atoms with Crippen LogP contribution in [0, 0.1) is 0 Å². The Morgan fingerprint density at radius 3 is 1.63 bits per heavy atom. The maximum Gasteiger partial charge on any atom is 0.338 e. The number of nitrogens with two attached hydrogens (primary N) is 1. The molecule has 2 amide bonds. The Morgan fingerprint density at radius 2 is 1.17 bits per heavy atom. The quantitative estimate of drug-likeness (QED) is 0.586. The van der Waals surface area contributed by atoms with E-state index in [1.54, 1.807) is 4.90 Å². The van der Waals surface area contributed by atoms with Gasteiger partial charge in [-0.05, 0) is 35.4 Å². The summed E-state index contributed by atoms with van der Waals surface area (Å²) in [6.45, 7) is 0.426. The monoisotopic (exact) mass is 402 g/mol. The zero-order valence-electron chi connectivity index (χ0n) is 16.4. The number of esters is 1. The van der Waals surface area contributed by atoms with E-state index in [0.29, 0.717) is 18.7 Å². The van der Waals surface area contributed by atoms with E-state index < -0.39 is 11.9 Å². The van der Waals surface area contributed by atoms with Crippen LogP contribution in [0.5, 0.6) is 0 Å². The summed E-state index contributed by atoms with van der Waals surface area (Å²) in [7, 11) is 0. The number of nitrogens with zero attached hydrogens (tertiary/aromatic N) is 1. The Bertz CT molecular complexity index is 961. The Kier molecular flexibility index (Phi) is 6.95. The second-order valence-electron chi connectivity index (χ2n) is 6.74. The van der Waals surface area contributed by atoms with Crippen LogP contribution in [0.3, 0.4) is 0 Å². The second kappa shape index (κ2) is 10.0. The number of carbonyl (C=O) groups is 3. The third kappa shape index (κ3) is 5.78. The Morgan fingerprint density at radius 1 is 0.700 bits per heavy atom. The molecule has 0 aliphatic rings. The van der Waals surface area contributed by atoms with Crippen molar-refractivity contribution < 1.29 is 19.1 Å². The fourth-order valence-corrected chi connectivity index (χ4v) is 2.91. The van der Waals surface area contributed by atoms with E-state index in [0.717, 1.165) is 11.1 Å². The van der Waals surface area contributed by atoms with Gasteiger partial charge in [-0.15, -0.1) is 0 Å². The van der Waals surface area contributed by atoms with E-state index in [2.05, 4.69) is 0 Å². The van der Waals surface area contributed by atoms with Crippen LogP contribution in [-0.2, 0) is 22.6 Å². The van der Waals surface area contributed by atoms with Crippen LogP contribution < -0.4 is 5.73 Å². The van der Waals surface area contributed by atoms with Gasteiger partial charge >= 0.3 is 5.97 Å². The lowest BCUT2D eigenvalue weighted by molar-refractivity contribution is -0.135. The van der Waals surface area contributed by atoms with E-state index in [1.807, 2.05) is 60.7 Å². The van der Waals surface area contributed by atoms with E-state index in [-0.39, 0.29) is 18.1 Å². The summed E-state index contributed by atoms with van der Waals surface area (Å²) >= 11 is 0. The van der Waals surface area contributed by atoms with Crippen LogP contribution in [-0.4, -0.2) is 29.3 Å². The highest BCUT2D eigenvalue weighted by Crippen LogP contribution is 2.12. The van der Waals surface area contributed by atoms with Gasteiger partial charge in [-0.2, -0.15) is 0 Å². The minimum Gasteiger partial charge on any atom is -0.452 e. The van der Waals surface area contributed by atoms with Crippen molar-refractivity contribution in [2.45, 2.75) is 13.1 Å². The van der Waals surface area contributed by atoms with Gasteiger partial charge in [0.1, 0.15) is 0 Å². The standard InChI is InChI=1S/C24H22N2O4/c25-23(28)20-11-13-21(14-12-20)24(29)30-17-22(27)26(15-18-7-3-1-4-8-18)16-19-9-5-2-6-10-19/h1-14H,15-17H2,(H2,25,28). The third-order valence-electron chi connectivity index (χ3n) is 4.52. The fourth-order valence-electron chi connectivity index (χ4n) is 2.91. The maximum atomic E-state index is 12.8. The van der Waals surface area contributed by atoms with Crippen LogP contribution in [0.1, 0.15) is 31.8 Å². The van der Waals surface area contributed by atoms with Crippen LogP contribution in [0.4, 0.5) is 0 Å². The third-order valence-corrected chi connectivity index (χ3v) is 4.52. The first-order chi connectivity index (χ1) is 14.5. The normalized spacial score (nSPS) is 10.3. The minimum absolute atomic E-state index is 0.241. The summed E-state index contributed by atoms with van der Waals surface area (Å²) in [6.07, 6.45) is 0. The van der Waals surface area contributed by atoms with Crippen molar-refractivity contribution in [1.82, 2.24) is 4.90 Å². The molecule has 152 valence electrons. The van der Waals surface area contributed by atoms with Crippen molar-refractivity contribution in [2.24, 2.45) is 5.73 Å². The predicted molar refractivity (Wildman–Crippen MR) is 112 cm³/mol. The molecule has 0 aromatic heterocycles. The molecule has 0 heterocycles. The van der Waals surface area contributed by atoms with Crippen LogP contribution in [0.15, 0.2) is 84.9 Å². The molecule has 30 heavy (non-hydrogen) atoms. The SMILES string of the molecule is NC(=O)c1ccc(C(=O)OCC(=O)N(Cc2ccccc2)Cc2ccccc2)cc1. The molecular formula is C24H22N2O4. The van der Waals surface area contributed by atoms with Gasteiger partial charge in [0.2, 0.25) is 5.91 Å². The van der Waals surface area contributed by atoms with Crippen molar-refractivity contribution in [3.8, 4) is 0 Å². The average molecular weight is 402 g/mol. The number of rotatable bonds is 8. The van der Waals surface area contributed by atoms with E-state index in [1.165, 1.54) is 24.3 Å². The van der Waals surface area contributed by atoms with E-state index >= 15 is 0 Å². The first-order valence-corrected chi connectivity index (χ1v) is 9.45. The topological polar surface area (TPSA) is 89.7 Å². The molecule has 0 atom stereocenters. The zero-order valence-corrected chi connectivity index (χ0v) is 16.4. The minimum atomic E-state index is -0.640. The predicted octanol–water partition coefficient (Wildman–Crippen LogP) is 3.17. The van der Waals surface area contributed by atoms with Crippen LogP contribution in [0.25, 0.3) is 0 Å². The van der Waals surface area contributed by atoms with Crippen molar-refractivity contribution in [2.75, 3.05) is 6.61 Å². The van der Waals surface area contributed by atoms with Crippen molar-refractivity contribution in [3.05, 3.63) is 107 Å². The summed E-state index contributed by atoms with van der Waals surface area (Å²) in [5.74, 6) is -1.52. The van der Waals surface area contributed by atoms with E-state index in [9.17, 15) is 14.4 Å². The lowest BCUT2D eigenvalue weighted by atomic mass is 10.1. The van der Waals surface area contributed by atoms with Gasteiger partial charge < -0.3 is 15.4 Å². The van der Waals surface area contributed by atoms with Crippen LogP contribution in [0.2, 0.25) is 0 Å². The van der Waals surface area contributed by atoms with Gasteiger partial charge in [-0.1, -0.05) is 60.7 Å². The number of hydrogen-bond acceptors (Lipinski definition) is 4. The Hall–Kier alpha value is -3.93. The lowest BCUT2D eigenvalue weighted by Crippen LogP contribution is -2.34. The van der Waals surface area contributed by atoms with Gasteiger partial charge in [-0.3, -0.25) is 9.59 Å². The largest absolute Gasteiger partial charge is 0.452 e. The highest BCUT2D eigenvalue weighted by atomic mass is 16.5. The average Bonchev–Trinajstić information content (AvgIpc) is 2.78. The smallest absolute Gasteiger partial charge is 0.338 e. The molecule has 3 rings (SSSR count). The van der Waals surface area contributed by atoms with Gasteiger partial charge in [-0.25, -0.2) is 4.79 Å². The number of hydrogen-bond donors (Lipinski definition) is 1. The van der Waals surface area contributed by atoms with Crippen molar-refractivity contribution in [3.63, 3.8) is 0 Å². The summed E-state index contributed by atoms with van der Waals surface area (Å²) in [6, 6.07) is 25.0. The molecule has 0 spiro atoms. The molecular weight excluding hydrogens is 380 g/mol. The molecule has 3 aromatic rings. The number of ether oxygens (including phenoxy) is 1. The highest BCUT2D eigenvalue weighted by molar-refractivity contribution is 5.95. The number of primary amides is 1. The summed E-state index contributed by atoms with van der Waals surface area (Å²) < 4.78 is 5.20. The molecule has 0 saturated heterocycles. The Labute approximate surface area is 174 Å². The van der Waals surface area contributed by atoms with Gasteiger partial charge in [0.15, 0.2) is 6.61 Å². The molecule has 0 radical (unpaired) electrons. The molecule has 6 heteroatoms. The lowest BCUT2D eigenvalue weighted by Gasteiger charge is -2.23. The van der Waals surface area contributed by atoms with Gasteiger partial charge in [0.25, 0.3) is 5.91 Å². The number of benzene rings is 3. The first kappa shape index (κ1) is 20.8. The number of amides is 2. The molecule has 0 bridgehead atoms. The van der Waals surface area contributed by atoms with E-state index in [4.69, 9.17) is 10.5 Å². The molecule has 0 fully saturated rings. The van der Waals surface area contributed by atoms with Gasteiger partial charge in [0.05, 0.1) is 5.56 Å². The molecule has 2 N–H and O–H groups in total. The molecule has 3 aromatic carbocycles. The molecule has 0 aliphatic heterocycles. The summed E-state index contributed by atoms with van der Waals surface area (Å²) in [5.41, 5.74) is 7.69. The highest BCUT2D eigenvalue weighted by Gasteiger charge is 2.18. The number of carbonyl (C=O) groups excluding carboxylic acids is 3. The van der Waals surface area contributed by atoms with Gasteiger partial charge in [0, 0.05) is 18.7 Å². The summed E-state index contributed by atoms with van der Waals surface area (Å²) in [5, 5.41) is 0. The first-order valence-electron chi connectivity index (χ1n) is 9.45. The van der Waals surface area contributed by atoms with Crippen molar-refractivity contribution >= 4 is 17.8 Å². The maximum absolute atomic E-state index is 12.8. The Balaban J connectivity index is 1.66. The molecule has 0 unspecified atom stereocenters. The van der Waals surface area contributed by atoms with Crippen LogP contribution >= 0.6 is 0 Å². The summed E-state index contributed by atoms with van der Waals surface area (Å²) in [4.78, 5) is 37.9. The zero-order chi connectivity index (χ0) is 21.3. The fraction of sp³-hybridized carbons (Fsp3) is 0.125. The molecule has 0 aliphatic carbocycles. The van der Waals surface area contributed by atoms with Crippen molar-refractivity contribution in [1.29, 1.82) is 0 Å². The molecule has 6 nitrogen and oxygen atoms in total.